The summed E-state index contributed by atoms with van der Waals surface area (Å²) in [5.74, 6) is 0. The number of aromatic nitrogens is 1. The molecule has 0 spiro atoms. The van der Waals surface area contributed by atoms with Crippen LogP contribution in [0.5, 0.6) is 0 Å². The molecule has 1 heterocycles. The minimum Gasteiger partial charge on any atom is -0.361 e. The molecule has 94 valence electrons. The monoisotopic (exact) mass is 252 g/mol. The van der Waals surface area contributed by atoms with Crippen molar-refractivity contribution in [1.82, 2.24) is 15.2 Å². The van der Waals surface area contributed by atoms with Crippen molar-refractivity contribution in [2.24, 2.45) is 0 Å². The van der Waals surface area contributed by atoms with E-state index in [0.29, 0.717) is 5.11 Å². The fourth-order valence-electron chi connectivity index (χ4n) is 1.48. The Morgan fingerprint density at radius 3 is 2.53 bits per heavy atom. The molecule has 0 aliphatic heterocycles. The van der Waals surface area contributed by atoms with Gasteiger partial charge in [-0.2, -0.15) is 0 Å². The maximum absolute atomic E-state index is 5.20. The van der Waals surface area contributed by atoms with Gasteiger partial charge < -0.3 is 15.5 Å². The SMILES string of the molecule is CCN(CC)CCNC(=S)Nc1ccncc1. The van der Waals surface area contributed by atoms with E-state index in [4.69, 9.17) is 12.2 Å². The molecule has 0 bridgehead atoms. The molecule has 17 heavy (non-hydrogen) atoms. The lowest BCUT2D eigenvalue weighted by molar-refractivity contribution is 0.308. The van der Waals surface area contributed by atoms with Gasteiger partial charge in [0.05, 0.1) is 0 Å². The van der Waals surface area contributed by atoms with E-state index in [-0.39, 0.29) is 0 Å². The third kappa shape index (κ3) is 5.60. The van der Waals surface area contributed by atoms with Gasteiger partial charge in [0.1, 0.15) is 0 Å². The van der Waals surface area contributed by atoms with Gasteiger partial charge in [-0.1, -0.05) is 13.8 Å². The number of hydrogen-bond donors (Lipinski definition) is 2. The van der Waals surface area contributed by atoms with Crippen molar-refractivity contribution in [2.45, 2.75) is 13.8 Å². The second kappa shape index (κ2) is 7.97. The van der Waals surface area contributed by atoms with Gasteiger partial charge in [-0.15, -0.1) is 0 Å². The Balaban J connectivity index is 2.22. The predicted molar refractivity (Wildman–Crippen MR) is 76.2 cm³/mol. The molecule has 0 saturated heterocycles. The number of nitrogens with one attached hydrogen (secondary N) is 2. The van der Waals surface area contributed by atoms with Crippen LogP contribution in [0.4, 0.5) is 5.69 Å². The minimum atomic E-state index is 0.656. The number of nitrogens with zero attached hydrogens (tertiary/aromatic N) is 2. The van der Waals surface area contributed by atoms with Crippen LogP contribution in [-0.2, 0) is 0 Å². The molecule has 0 aliphatic rings. The highest BCUT2D eigenvalue weighted by Crippen LogP contribution is 2.02. The van der Waals surface area contributed by atoms with Crippen molar-refractivity contribution >= 4 is 23.0 Å². The molecule has 5 heteroatoms. The van der Waals surface area contributed by atoms with Crippen molar-refractivity contribution in [3.8, 4) is 0 Å². The zero-order valence-electron chi connectivity index (χ0n) is 10.4. The Morgan fingerprint density at radius 2 is 1.94 bits per heavy atom. The number of likely N-dealkylation sites (N-methyl/N-ethyl adjacent to an activating group) is 1. The maximum Gasteiger partial charge on any atom is 0.170 e. The van der Waals surface area contributed by atoms with Crippen LogP contribution in [0, 0.1) is 0 Å². The Labute approximate surface area is 108 Å². The van der Waals surface area contributed by atoms with E-state index in [1.54, 1.807) is 12.4 Å². The quantitative estimate of drug-likeness (QED) is 0.754. The molecular weight excluding hydrogens is 232 g/mol. The molecule has 2 N–H and O–H groups in total. The molecule has 1 aromatic heterocycles. The standard InChI is InChI=1S/C12H20N4S/c1-3-16(4-2)10-9-14-12(17)15-11-5-7-13-8-6-11/h5-8H,3-4,9-10H2,1-2H3,(H2,13,14,15,17). The smallest absolute Gasteiger partial charge is 0.170 e. The fraction of sp³-hybridized carbons (Fsp3) is 0.500. The number of rotatable bonds is 6. The lowest BCUT2D eigenvalue weighted by Crippen LogP contribution is -2.36. The van der Waals surface area contributed by atoms with Gasteiger partial charge in [0.15, 0.2) is 5.11 Å². The van der Waals surface area contributed by atoms with Crippen LogP contribution in [0.1, 0.15) is 13.8 Å². The van der Waals surface area contributed by atoms with E-state index in [0.717, 1.165) is 31.9 Å². The Morgan fingerprint density at radius 1 is 1.29 bits per heavy atom. The number of pyridine rings is 1. The number of hydrogen-bond acceptors (Lipinski definition) is 3. The molecule has 1 rings (SSSR count). The average molecular weight is 252 g/mol. The van der Waals surface area contributed by atoms with Crippen molar-refractivity contribution in [1.29, 1.82) is 0 Å². The summed E-state index contributed by atoms with van der Waals surface area (Å²) in [6, 6.07) is 3.77. The normalized spacial score (nSPS) is 10.3. The Bertz CT molecular complexity index is 325. The van der Waals surface area contributed by atoms with Gasteiger partial charge in [0.2, 0.25) is 0 Å². The first-order chi connectivity index (χ1) is 8.26. The van der Waals surface area contributed by atoms with Crippen LogP contribution in [0.3, 0.4) is 0 Å². The highest BCUT2D eigenvalue weighted by atomic mass is 32.1. The molecule has 0 aliphatic carbocycles. The van der Waals surface area contributed by atoms with Gasteiger partial charge in [-0.05, 0) is 37.4 Å². The molecule has 0 amide bonds. The van der Waals surface area contributed by atoms with E-state index in [9.17, 15) is 0 Å². The van der Waals surface area contributed by atoms with Crippen molar-refractivity contribution in [3.63, 3.8) is 0 Å². The number of thiocarbonyl (C=S) groups is 1. The predicted octanol–water partition coefficient (Wildman–Crippen LogP) is 1.71. The topological polar surface area (TPSA) is 40.2 Å². The van der Waals surface area contributed by atoms with Crippen molar-refractivity contribution in [3.05, 3.63) is 24.5 Å². The summed E-state index contributed by atoms with van der Waals surface area (Å²) >= 11 is 5.20. The van der Waals surface area contributed by atoms with E-state index in [1.165, 1.54) is 0 Å². The average Bonchev–Trinajstić information content (AvgIpc) is 2.36. The fourth-order valence-corrected chi connectivity index (χ4v) is 1.70. The zero-order chi connectivity index (χ0) is 12.5. The Kier molecular flexibility index (Phi) is 6.50. The van der Waals surface area contributed by atoms with Crippen LogP contribution in [-0.4, -0.2) is 41.2 Å². The van der Waals surface area contributed by atoms with Crippen molar-refractivity contribution < 1.29 is 0 Å². The highest BCUT2D eigenvalue weighted by molar-refractivity contribution is 7.80. The van der Waals surface area contributed by atoms with Crippen LogP contribution in [0.2, 0.25) is 0 Å². The second-order valence-corrected chi connectivity index (χ2v) is 4.05. The molecule has 0 radical (unpaired) electrons. The summed E-state index contributed by atoms with van der Waals surface area (Å²) in [6.45, 7) is 8.34. The van der Waals surface area contributed by atoms with Gasteiger partial charge >= 0.3 is 0 Å². The molecule has 0 atom stereocenters. The van der Waals surface area contributed by atoms with Gasteiger partial charge in [-0.25, -0.2) is 0 Å². The van der Waals surface area contributed by atoms with Crippen LogP contribution < -0.4 is 10.6 Å². The lowest BCUT2D eigenvalue weighted by Gasteiger charge is -2.18. The lowest BCUT2D eigenvalue weighted by atomic mass is 10.4. The summed E-state index contributed by atoms with van der Waals surface area (Å²) in [5.41, 5.74) is 0.959. The molecular formula is C12H20N4S. The zero-order valence-corrected chi connectivity index (χ0v) is 11.3. The first-order valence-electron chi connectivity index (χ1n) is 5.93. The molecule has 0 aromatic carbocycles. The molecule has 1 aromatic rings. The minimum absolute atomic E-state index is 0.656. The van der Waals surface area contributed by atoms with E-state index >= 15 is 0 Å². The maximum atomic E-state index is 5.20. The van der Waals surface area contributed by atoms with Crippen LogP contribution in [0.15, 0.2) is 24.5 Å². The third-order valence-corrected chi connectivity index (χ3v) is 2.79. The first kappa shape index (κ1) is 13.9. The second-order valence-electron chi connectivity index (χ2n) is 3.64. The summed E-state index contributed by atoms with van der Waals surface area (Å²) in [6.07, 6.45) is 3.47. The molecule has 0 fully saturated rings. The molecule has 4 nitrogen and oxygen atoms in total. The van der Waals surface area contributed by atoms with Gasteiger partial charge in [-0.3, -0.25) is 4.98 Å². The van der Waals surface area contributed by atoms with E-state index < -0.39 is 0 Å². The highest BCUT2D eigenvalue weighted by Gasteiger charge is 1.99. The summed E-state index contributed by atoms with van der Waals surface area (Å²) < 4.78 is 0. The van der Waals surface area contributed by atoms with Gasteiger partial charge in [0, 0.05) is 31.2 Å². The van der Waals surface area contributed by atoms with Gasteiger partial charge in [0.25, 0.3) is 0 Å². The summed E-state index contributed by atoms with van der Waals surface area (Å²) in [7, 11) is 0. The molecule has 0 unspecified atom stereocenters. The van der Waals surface area contributed by atoms with E-state index in [1.807, 2.05) is 12.1 Å². The van der Waals surface area contributed by atoms with Crippen LogP contribution in [0.25, 0.3) is 0 Å². The first-order valence-corrected chi connectivity index (χ1v) is 6.34. The Hall–Kier alpha value is -1.20. The summed E-state index contributed by atoms with van der Waals surface area (Å²) in [4.78, 5) is 6.30. The van der Waals surface area contributed by atoms with Crippen molar-refractivity contribution in [2.75, 3.05) is 31.5 Å². The molecule has 0 saturated carbocycles. The summed E-state index contributed by atoms with van der Waals surface area (Å²) in [5, 5.41) is 6.96. The van der Waals surface area contributed by atoms with E-state index in [2.05, 4.69) is 34.4 Å². The number of anilines is 1. The van der Waals surface area contributed by atoms with Crippen LogP contribution >= 0.6 is 12.2 Å². The third-order valence-electron chi connectivity index (χ3n) is 2.55. The largest absolute Gasteiger partial charge is 0.361 e.